The zero-order valence-corrected chi connectivity index (χ0v) is 21.2. The van der Waals surface area contributed by atoms with E-state index in [0.29, 0.717) is 36.5 Å². The Kier molecular flexibility index (Phi) is 8.23. The summed E-state index contributed by atoms with van der Waals surface area (Å²) in [7, 11) is 0. The molecule has 2 amide bonds. The van der Waals surface area contributed by atoms with Crippen LogP contribution in [0.4, 0.5) is 0 Å². The third-order valence-corrected chi connectivity index (χ3v) is 7.01. The van der Waals surface area contributed by atoms with Crippen LogP contribution < -0.4 is 21.1 Å². The molecule has 0 radical (unpaired) electrons. The first-order valence-electron chi connectivity index (χ1n) is 12.6. The van der Waals surface area contributed by atoms with Crippen LogP contribution in [-0.2, 0) is 19.9 Å². The molecule has 0 aliphatic carbocycles. The fourth-order valence-corrected chi connectivity index (χ4v) is 5.35. The maximum absolute atomic E-state index is 13.5. The minimum Gasteiger partial charge on any atom is -0.487 e. The molecule has 1 aromatic carbocycles. The molecule has 0 saturated carbocycles. The number of aromatic nitrogens is 1. The summed E-state index contributed by atoms with van der Waals surface area (Å²) in [5.74, 6) is -1.65. The number of carbonyl (C=O) groups is 3. The number of ether oxygens (including phenoxy) is 1. The Morgan fingerprint density at radius 2 is 1.82 bits per heavy atom. The van der Waals surface area contributed by atoms with E-state index in [1.54, 1.807) is 48.7 Å². The van der Waals surface area contributed by atoms with Gasteiger partial charge >= 0.3 is 5.97 Å². The quantitative estimate of drug-likeness (QED) is 0.208. The van der Waals surface area contributed by atoms with E-state index in [1.165, 1.54) is 9.80 Å². The number of rotatable bonds is 10. The van der Waals surface area contributed by atoms with E-state index in [1.807, 2.05) is 6.92 Å². The molecule has 4 rings (SSSR count). The van der Waals surface area contributed by atoms with E-state index >= 15 is 0 Å². The predicted molar refractivity (Wildman–Crippen MR) is 139 cm³/mol. The van der Waals surface area contributed by atoms with Crippen molar-refractivity contribution < 1.29 is 24.2 Å². The standard InChI is InChI=1S/C26H33N7O5/c1-2-20(38-18-8-6-17(7-9-18)24(27)28)26(19-5-3-4-10-31-19,33-14-12-30-16-22(33)35)23(25(36)37)32-13-11-29-15-21(32)34/h3-10,20,23,29-30H,2,11-16H2,1H3,(H3,27,28)(H,36,37). The second-order valence-electron chi connectivity index (χ2n) is 9.22. The van der Waals surface area contributed by atoms with Gasteiger partial charge < -0.3 is 36.0 Å². The molecule has 0 spiro atoms. The minimum atomic E-state index is -1.66. The lowest BCUT2D eigenvalue weighted by Gasteiger charge is -2.54. The van der Waals surface area contributed by atoms with Gasteiger partial charge in [0.15, 0.2) is 11.6 Å². The zero-order valence-electron chi connectivity index (χ0n) is 21.2. The number of amides is 2. The Bertz CT molecular complexity index is 1180. The second-order valence-corrected chi connectivity index (χ2v) is 9.22. The molecule has 3 heterocycles. The van der Waals surface area contributed by atoms with Crippen LogP contribution >= 0.6 is 0 Å². The van der Waals surface area contributed by atoms with Crippen LogP contribution in [0.3, 0.4) is 0 Å². The van der Waals surface area contributed by atoms with Gasteiger partial charge in [0.05, 0.1) is 18.8 Å². The highest BCUT2D eigenvalue weighted by Crippen LogP contribution is 2.42. The molecule has 0 bridgehead atoms. The number of amidine groups is 1. The van der Waals surface area contributed by atoms with Crippen molar-refractivity contribution in [2.45, 2.75) is 31.0 Å². The smallest absolute Gasteiger partial charge is 0.329 e. The highest BCUT2D eigenvalue weighted by molar-refractivity contribution is 5.95. The fourth-order valence-electron chi connectivity index (χ4n) is 5.35. The van der Waals surface area contributed by atoms with E-state index in [-0.39, 0.29) is 43.8 Å². The number of nitrogens with zero attached hydrogens (tertiary/aromatic N) is 3. The van der Waals surface area contributed by atoms with Crippen molar-refractivity contribution in [1.29, 1.82) is 5.41 Å². The number of carboxylic acids is 1. The topological polar surface area (TPSA) is 174 Å². The number of piperazine rings is 2. The lowest BCUT2D eigenvalue weighted by Crippen LogP contribution is -2.74. The van der Waals surface area contributed by atoms with Crippen molar-refractivity contribution in [3.05, 3.63) is 59.9 Å². The van der Waals surface area contributed by atoms with E-state index in [0.717, 1.165) is 0 Å². The largest absolute Gasteiger partial charge is 0.487 e. The average molecular weight is 524 g/mol. The molecule has 2 aliphatic rings. The first-order valence-corrected chi connectivity index (χ1v) is 12.6. The first kappa shape index (κ1) is 27.0. The number of carbonyl (C=O) groups excluding carboxylic acids is 2. The molecule has 2 fully saturated rings. The van der Waals surface area contributed by atoms with E-state index in [4.69, 9.17) is 15.9 Å². The minimum absolute atomic E-state index is 0.0122. The summed E-state index contributed by atoms with van der Waals surface area (Å²) in [5, 5.41) is 24.5. The molecule has 3 atom stereocenters. The van der Waals surface area contributed by atoms with Crippen LogP contribution in [0.15, 0.2) is 48.7 Å². The summed E-state index contributed by atoms with van der Waals surface area (Å²) in [6.45, 7) is 3.04. The zero-order chi connectivity index (χ0) is 27.3. The number of pyridine rings is 1. The number of nitrogens with one attached hydrogen (secondary N) is 3. The first-order chi connectivity index (χ1) is 18.3. The van der Waals surface area contributed by atoms with Crippen LogP contribution in [0.5, 0.6) is 5.75 Å². The summed E-state index contributed by atoms with van der Waals surface area (Å²) in [4.78, 5) is 47.3. The van der Waals surface area contributed by atoms with Crippen LogP contribution in [0.1, 0.15) is 24.6 Å². The molecule has 1 aromatic heterocycles. The Balaban J connectivity index is 1.95. The maximum Gasteiger partial charge on any atom is 0.329 e. The molecule has 3 unspecified atom stereocenters. The van der Waals surface area contributed by atoms with Crippen molar-refractivity contribution in [3.63, 3.8) is 0 Å². The number of carboxylic acid groups (broad SMARTS) is 1. The number of benzene rings is 1. The molecule has 38 heavy (non-hydrogen) atoms. The lowest BCUT2D eigenvalue weighted by atomic mass is 9.75. The SMILES string of the molecule is CCC(Oc1ccc(C(=N)N)cc1)C(c1ccccn1)(C(C(=O)O)N1CCNCC1=O)N1CCNCC1=O. The Hall–Kier alpha value is -4.03. The van der Waals surface area contributed by atoms with Crippen molar-refractivity contribution >= 4 is 23.6 Å². The van der Waals surface area contributed by atoms with Crippen LogP contribution in [0.2, 0.25) is 0 Å². The predicted octanol–water partition coefficient (Wildman–Crippen LogP) is -0.265. The molecule has 2 saturated heterocycles. The summed E-state index contributed by atoms with van der Waals surface area (Å²) >= 11 is 0. The number of aliphatic carboxylic acids is 1. The van der Waals surface area contributed by atoms with Gasteiger partial charge in [0, 0.05) is 37.9 Å². The third kappa shape index (κ3) is 5.04. The monoisotopic (exact) mass is 523 g/mol. The van der Waals surface area contributed by atoms with Crippen LogP contribution in [0.25, 0.3) is 0 Å². The number of nitrogens with two attached hydrogens (primary N) is 1. The summed E-state index contributed by atoms with van der Waals surface area (Å²) in [5.41, 5.74) is 4.76. The van der Waals surface area contributed by atoms with E-state index in [2.05, 4.69) is 15.6 Å². The Morgan fingerprint density at radius 3 is 2.37 bits per heavy atom. The van der Waals surface area contributed by atoms with Gasteiger partial charge in [0.1, 0.15) is 17.7 Å². The molecule has 12 heteroatoms. The molecular weight excluding hydrogens is 490 g/mol. The van der Waals surface area contributed by atoms with Gasteiger partial charge in [-0.2, -0.15) is 0 Å². The van der Waals surface area contributed by atoms with Crippen molar-refractivity contribution in [2.75, 3.05) is 39.3 Å². The molecular formula is C26H33N7O5. The van der Waals surface area contributed by atoms with Gasteiger partial charge in [-0.1, -0.05) is 13.0 Å². The average Bonchev–Trinajstić information content (AvgIpc) is 2.92. The maximum atomic E-state index is 13.5. The Labute approximate surface area is 220 Å². The summed E-state index contributed by atoms with van der Waals surface area (Å²) in [6, 6.07) is 10.2. The van der Waals surface area contributed by atoms with Gasteiger partial charge in [-0.25, -0.2) is 4.79 Å². The second kappa shape index (κ2) is 11.6. The lowest BCUT2D eigenvalue weighted by molar-refractivity contribution is -0.173. The van der Waals surface area contributed by atoms with Gasteiger partial charge in [-0.15, -0.1) is 0 Å². The highest BCUT2D eigenvalue weighted by Gasteiger charge is 2.61. The van der Waals surface area contributed by atoms with Gasteiger partial charge in [0.25, 0.3) is 0 Å². The van der Waals surface area contributed by atoms with Crippen LogP contribution in [-0.4, -0.2) is 94.9 Å². The summed E-state index contributed by atoms with van der Waals surface area (Å²) < 4.78 is 6.49. The molecule has 2 aliphatic heterocycles. The number of nitrogen functional groups attached to an aromatic ring is 1. The highest BCUT2D eigenvalue weighted by atomic mass is 16.5. The molecule has 6 N–H and O–H groups in total. The summed E-state index contributed by atoms with van der Waals surface area (Å²) in [6.07, 6.45) is 0.932. The fraction of sp³-hybridized carbons (Fsp3) is 0.423. The van der Waals surface area contributed by atoms with Crippen LogP contribution in [0, 0.1) is 5.41 Å². The van der Waals surface area contributed by atoms with Gasteiger partial charge in [-0.05, 0) is 42.8 Å². The normalized spacial score (nSPS) is 19.4. The molecule has 12 nitrogen and oxygen atoms in total. The van der Waals surface area contributed by atoms with Crippen molar-refractivity contribution in [1.82, 2.24) is 25.4 Å². The van der Waals surface area contributed by atoms with Gasteiger partial charge in [-0.3, -0.25) is 20.0 Å². The molecule has 202 valence electrons. The number of hydrogen-bond donors (Lipinski definition) is 5. The third-order valence-electron chi connectivity index (χ3n) is 7.01. The van der Waals surface area contributed by atoms with E-state index < -0.39 is 23.7 Å². The van der Waals surface area contributed by atoms with Crippen molar-refractivity contribution in [2.24, 2.45) is 5.73 Å². The van der Waals surface area contributed by atoms with Gasteiger partial charge in [0.2, 0.25) is 11.8 Å². The number of hydrogen-bond acceptors (Lipinski definition) is 8. The molecule has 2 aromatic rings. The van der Waals surface area contributed by atoms with E-state index in [9.17, 15) is 19.5 Å². The Morgan fingerprint density at radius 1 is 1.13 bits per heavy atom. The van der Waals surface area contributed by atoms with Crippen molar-refractivity contribution in [3.8, 4) is 5.75 Å².